The van der Waals surface area contributed by atoms with Crippen LogP contribution in [0.15, 0.2) is 21.1 Å². The van der Waals surface area contributed by atoms with Crippen LogP contribution >= 0.6 is 31.9 Å². The largest absolute Gasteiger partial charge is 0.491 e. The van der Waals surface area contributed by atoms with Gasteiger partial charge in [0.1, 0.15) is 5.75 Å². The lowest BCUT2D eigenvalue weighted by atomic mass is 10.2. The Bertz CT molecular complexity index is 487. The van der Waals surface area contributed by atoms with E-state index in [4.69, 9.17) is 10.6 Å². The van der Waals surface area contributed by atoms with Crippen molar-refractivity contribution < 1.29 is 14.5 Å². The summed E-state index contributed by atoms with van der Waals surface area (Å²) in [4.78, 5) is 21.1. The number of nitro benzene ring substituents is 1. The van der Waals surface area contributed by atoms with Crippen molar-refractivity contribution in [1.82, 2.24) is 5.43 Å². The molecule has 1 aromatic carbocycles. The zero-order valence-electron chi connectivity index (χ0n) is 10.4. The summed E-state index contributed by atoms with van der Waals surface area (Å²) < 4.78 is 6.54. The van der Waals surface area contributed by atoms with Gasteiger partial charge in [-0.1, -0.05) is 0 Å². The van der Waals surface area contributed by atoms with Gasteiger partial charge in [-0.25, -0.2) is 5.84 Å². The van der Waals surface area contributed by atoms with E-state index in [1.807, 2.05) is 0 Å². The lowest BCUT2D eigenvalue weighted by Gasteiger charge is -2.10. The van der Waals surface area contributed by atoms with Gasteiger partial charge in [-0.15, -0.1) is 0 Å². The highest BCUT2D eigenvalue weighted by Gasteiger charge is 2.14. The molecule has 0 bridgehead atoms. The highest BCUT2D eigenvalue weighted by Crippen LogP contribution is 2.37. The summed E-state index contributed by atoms with van der Waals surface area (Å²) in [5, 5.41) is 10.7. The van der Waals surface area contributed by atoms with Crippen molar-refractivity contribution in [1.29, 1.82) is 0 Å². The zero-order chi connectivity index (χ0) is 15.1. The summed E-state index contributed by atoms with van der Waals surface area (Å²) in [7, 11) is 0. The van der Waals surface area contributed by atoms with Crippen molar-refractivity contribution in [2.75, 3.05) is 6.61 Å². The van der Waals surface area contributed by atoms with Crippen LogP contribution in [0.5, 0.6) is 5.75 Å². The van der Waals surface area contributed by atoms with Crippen LogP contribution in [0.2, 0.25) is 0 Å². The molecule has 20 heavy (non-hydrogen) atoms. The first kappa shape index (κ1) is 16.9. The number of hydrogen-bond donors (Lipinski definition) is 2. The van der Waals surface area contributed by atoms with E-state index in [2.05, 4.69) is 37.3 Å². The molecule has 0 aliphatic rings. The van der Waals surface area contributed by atoms with Gasteiger partial charge >= 0.3 is 0 Å². The number of benzene rings is 1. The Hall–Kier alpha value is -1.19. The molecule has 3 N–H and O–H groups in total. The fourth-order valence-corrected chi connectivity index (χ4v) is 2.82. The second-order valence-electron chi connectivity index (χ2n) is 3.87. The molecule has 0 atom stereocenters. The van der Waals surface area contributed by atoms with E-state index in [-0.39, 0.29) is 11.6 Å². The molecule has 0 aromatic heterocycles. The van der Waals surface area contributed by atoms with Crippen molar-refractivity contribution in [3.63, 3.8) is 0 Å². The Balaban J connectivity index is 2.52. The summed E-state index contributed by atoms with van der Waals surface area (Å²) in [6.07, 6.45) is 1.65. The second kappa shape index (κ2) is 8.18. The molecular formula is C11H13Br2N3O4. The summed E-state index contributed by atoms with van der Waals surface area (Å²) in [5.74, 6) is 5.24. The third-order valence-corrected chi connectivity index (χ3v) is 3.58. The van der Waals surface area contributed by atoms with Crippen molar-refractivity contribution in [3.05, 3.63) is 31.2 Å². The van der Waals surface area contributed by atoms with Gasteiger partial charge in [0.25, 0.3) is 5.69 Å². The predicted octanol–water partition coefficient (Wildman–Crippen LogP) is 2.66. The van der Waals surface area contributed by atoms with Crippen LogP contribution in [0.25, 0.3) is 0 Å². The van der Waals surface area contributed by atoms with Gasteiger partial charge in [0.15, 0.2) is 0 Å². The van der Waals surface area contributed by atoms with Crippen LogP contribution in [0, 0.1) is 10.1 Å². The SMILES string of the molecule is NNC(=O)CCCCOc1c(Br)cc([N+](=O)[O-])cc1Br. The number of amides is 1. The maximum absolute atomic E-state index is 10.9. The van der Waals surface area contributed by atoms with Crippen LogP contribution < -0.4 is 16.0 Å². The number of non-ortho nitro benzene ring substituents is 1. The predicted molar refractivity (Wildman–Crippen MR) is 80.2 cm³/mol. The second-order valence-corrected chi connectivity index (χ2v) is 5.58. The van der Waals surface area contributed by atoms with Crippen LogP contribution in [0.1, 0.15) is 19.3 Å². The highest BCUT2D eigenvalue weighted by atomic mass is 79.9. The fraction of sp³-hybridized carbons (Fsp3) is 0.364. The zero-order valence-corrected chi connectivity index (χ0v) is 13.6. The summed E-state index contributed by atoms with van der Waals surface area (Å²) in [5.41, 5.74) is 2.02. The molecule has 0 saturated carbocycles. The van der Waals surface area contributed by atoms with E-state index in [9.17, 15) is 14.9 Å². The third-order valence-electron chi connectivity index (χ3n) is 2.40. The highest BCUT2D eigenvalue weighted by molar-refractivity contribution is 9.11. The van der Waals surface area contributed by atoms with Crippen LogP contribution in [-0.4, -0.2) is 17.4 Å². The molecule has 0 saturated heterocycles. The van der Waals surface area contributed by atoms with Gasteiger partial charge in [-0.2, -0.15) is 0 Å². The molecule has 1 amide bonds. The Morgan fingerprint density at radius 3 is 2.45 bits per heavy atom. The Kier molecular flexibility index (Phi) is 6.89. The van der Waals surface area contributed by atoms with Gasteiger partial charge in [-0.3, -0.25) is 20.3 Å². The number of hydrazine groups is 1. The monoisotopic (exact) mass is 409 g/mol. The molecule has 110 valence electrons. The fourth-order valence-electron chi connectivity index (χ4n) is 1.42. The van der Waals surface area contributed by atoms with Crippen LogP contribution in [0.3, 0.4) is 0 Å². The average molecular weight is 411 g/mol. The number of nitrogens with one attached hydrogen (secondary N) is 1. The van der Waals surface area contributed by atoms with Gasteiger partial charge in [0, 0.05) is 18.6 Å². The lowest BCUT2D eigenvalue weighted by Crippen LogP contribution is -2.29. The molecule has 0 heterocycles. The maximum Gasteiger partial charge on any atom is 0.271 e. The summed E-state index contributed by atoms with van der Waals surface area (Å²) in [6.45, 7) is 0.396. The molecule has 9 heteroatoms. The average Bonchev–Trinajstić information content (AvgIpc) is 2.40. The number of nitro groups is 1. The Morgan fingerprint density at radius 1 is 1.35 bits per heavy atom. The van der Waals surface area contributed by atoms with E-state index >= 15 is 0 Å². The van der Waals surface area contributed by atoms with Gasteiger partial charge in [-0.05, 0) is 44.7 Å². The smallest absolute Gasteiger partial charge is 0.271 e. The standard InChI is InChI=1S/C11H13Br2N3O4/c12-8-5-7(16(18)19)6-9(13)11(8)20-4-2-1-3-10(17)15-14/h5-6H,1-4,14H2,(H,15,17). The minimum atomic E-state index is -0.481. The lowest BCUT2D eigenvalue weighted by molar-refractivity contribution is -0.385. The molecule has 0 aliphatic carbocycles. The van der Waals surface area contributed by atoms with E-state index < -0.39 is 4.92 Å². The summed E-state index contributed by atoms with van der Waals surface area (Å²) >= 11 is 6.46. The van der Waals surface area contributed by atoms with Crippen LogP contribution in [-0.2, 0) is 4.79 Å². The number of ether oxygens (including phenoxy) is 1. The Morgan fingerprint density at radius 2 is 1.95 bits per heavy atom. The van der Waals surface area contributed by atoms with E-state index in [0.717, 1.165) is 0 Å². The number of rotatable bonds is 7. The first-order chi connectivity index (χ1) is 9.45. The van der Waals surface area contributed by atoms with E-state index in [0.29, 0.717) is 40.6 Å². The molecule has 0 radical (unpaired) electrons. The number of nitrogens with zero attached hydrogens (tertiary/aromatic N) is 1. The van der Waals surface area contributed by atoms with Gasteiger partial charge < -0.3 is 4.74 Å². The number of halogens is 2. The number of carbonyl (C=O) groups excluding carboxylic acids is 1. The Labute approximate surface area is 132 Å². The quantitative estimate of drug-likeness (QED) is 0.236. The van der Waals surface area contributed by atoms with Crippen molar-refractivity contribution in [2.45, 2.75) is 19.3 Å². The number of hydrogen-bond acceptors (Lipinski definition) is 5. The molecule has 7 nitrogen and oxygen atoms in total. The topological polar surface area (TPSA) is 107 Å². The number of nitrogens with two attached hydrogens (primary N) is 1. The van der Waals surface area contributed by atoms with Crippen molar-refractivity contribution in [2.24, 2.45) is 5.84 Å². The molecule has 0 unspecified atom stereocenters. The molecule has 0 spiro atoms. The van der Waals surface area contributed by atoms with E-state index in [1.165, 1.54) is 12.1 Å². The van der Waals surface area contributed by atoms with Gasteiger partial charge in [0.2, 0.25) is 5.91 Å². The van der Waals surface area contributed by atoms with Crippen LogP contribution in [0.4, 0.5) is 5.69 Å². The summed E-state index contributed by atoms with van der Waals surface area (Å²) in [6, 6.07) is 2.75. The molecular weight excluding hydrogens is 398 g/mol. The molecule has 0 aliphatic heterocycles. The third kappa shape index (κ3) is 5.06. The van der Waals surface area contributed by atoms with Gasteiger partial charge in [0.05, 0.1) is 20.5 Å². The van der Waals surface area contributed by atoms with E-state index in [1.54, 1.807) is 0 Å². The minimum absolute atomic E-state index is 0.0317. The number of unbranched alkanes of at least 4 members (excludes halogenated alkanes) is 1. The number of carbonyl (C=O) groups is 1. The van der Waals surface area contributed by atoms with Crippen molar-refractivity contribution in [3.8, 4) is 5.75 Å². The molecule has 0 fully saturated rings. The first-order valence-corrected chi connectivity index (χ1v) is 7.30. The minimum Gasteiger partial charge on any atom is -0.491 e. The normalized spacial score (nSPS) is 10.2. The first-order valence-electron chi connectivity index (χ1n) is 5.71. The molecule has 1 aromatic rings. The maximum atomic E-state index is 10.9. The molecule has 1 rings (SSSR count). The van der Waals surface area contributed by atoms with Crippen molar-refractivity contribution >= 4 is 43.5 Å².